The second-order valence-electron chi connectivity index (χ2n) is 5.68. The third-order valence-corrected chi connectivity index (χ3v) is 4.09. The fourth-order valence-corrected chi connectivity index (χ4v) is 2.67. The predicted octanol–water partition coefficient (Wildman–Crippen LogP) is 3.02. The first-order chi connectivity index (χ1) is 9.25. The molecule has 0 bridgehead atoms. The van der Waals surface area contributed by atoms with E-state index < -0.39 is 0 Å². The Morgan fingerprint density at radius 2 is 1.95 bits per heavy atom. The van der Waals surface area contributed by atoms with Crippen LogP contribution in [-0.4, -0.2) is 38.1 Å². The molecule has 104 valence electrons. The Morgan fingerprint density at radius 1 is 1.26 bits per heavy atom. The minimum Gasteiger partial charge on any atom is -0.313 e. The normalized spacial score (nSPS) is 17.5. The first kappa shape index (κ1) is 14.3. The Kier molecular flexibility index (Phi) is 5.62. The summed E-state index contributed by atoms with van der Waals surface area (Å²) in [6.45, 7) is 8.69. The average Bonchev–Trinajstić information content (AvgIpc) is 2.46. The highest BCUT2D eigenvalue weighted by Gasteiger charge is 2.15. The van der Waals surface area contributed by atoms with E-state index in [0.29, 0.717) is 0 Å². The lowest BCUT2D eigenvalue weighted by molar-refractivity contribution is 0.212. The molecule has 0 radical (unpaired) electrons. The van der Waals surface area contributed by atoms with Crippen molar-refractivity contribution in [1.82, 2.24) is 10.2 Å². The van der Waals surface area contributed by atoms with E-state index in [1.807, 2.05) is 6.07 Å². The van der Waals surface area contributed by atoms with Gasteiger partial charge in [-0.15, -0.1) is 0 Å². The molecule has 2 heteroatoms. The van der Waals surface area contributed by atoms with E-state index in [-0.39, 0.29) is 0 Å². The fraction of sp³-hybridized carbons (Fsp3) is 0.529. The third kappa shape index (κ3) is 4.81. The van der Waals surface area contributed by atoms with Crippen LogP contribution in [0.5, 0.6) is 0 Å². The monoisotopic (exact) mass is 258 g/mol. The largest absolute Gasteiger partial charge is 0.313 e. The van der Waals surface area contributed by atoms with Gasteiger partial charge in [-0.2, -0.15) is 0 Å². The third-order valence-electron chi connectivity index (χ3n) is 4.09. The maximum Gasteiger partial charge on any atom is 0.0205 e. The van der Waals surface area contributed by atoms with E-state index in [1.54, 1.807) is 0 Å². The van der Waals surface area contributed by atoms with Crippen LogP contribution in [0.4, 0.5) is 0 Å². The van der Waals surface area contributed by atoms with Crippen LogP contribution in [0.25, 0.3) is 5.57 Å². The van der Waals surface area contributed by atoms with Crippen LogP contribution in [0.15, 0.2) is 36.9 Å². The van der Waals surface area contributed by atoms with E-state index in [4.69, 9.17) is 0 Å². The van der Waals surface area contributed by atoms with E-state index in [0.717, 1.165) is 19.0 Å². The highest BCUT2D eigenvalue weighted by molar-refractivity contribution is 5.64. The first-order valence-corrected chi connectivity index (χ1v) is 7.38. The summed E-state index contributed by atoms with van der Waals surface area (Å²) < 4.78 is 0. The Morgan fingerprint density at radius 3 is 2.63 bits per heavy atom. The molecule has 0 saturated carbocycles. The quantitative estimate of drug-likeness (QED) is 0.789. The lowest BCUT2D eigenvalue weighted by Gasteiger charge is -2.28. The van der Waals surface area contributed by atoms with Crippen LogP contribution in [0.3, 0.4) is 0 Å². The molecular weight excluding hydrogens is 232 g/mol. The molecule has 1 fully saturated rings. The molecule has 0 unspecified atom stereocenters. The minimum atomic E-state index is 0.899. The Labute approximate surface area is 117 Å². The van der Waals surface area contributed by atoms with Crippen LogP contribution >= 0.6 is 0 Å². The number of piperidine rings is 1. The number of hydrogen-bond acceptors (Lipinski definition) is 2. The van der Waals surface area contributed by atoms with Crippen LogP contribution in [0.1, 0.15) is 24.8 Å². The molecule has 2 rings (SSSR count). The van der Waals surface area contributed by atoms with E-state index in [9.17, 15) is 0 Å². The Hall–Kier alpha value is -1.12. The number of rotatable bonds is 6. The summed E-state index contributed by atoms with van der Waals surface area (Å²) >= 11 is 0. The summed E-state index contributed by atoms with van der Waals surface area (Å²) in [5.74, 6) is 0.911. The van der Waals surface area contributed by atoms with Crippen LogP contribution in [0.2, 0.25) is 0 Å². The van der Waals surface area contributed by atoms with E-state index >= 15 is 0 Å². The SMILES string of the molecule is C=C(CNCCC1CCN(C)CC1)c1ccccc1. The summed E-state index contributed by atoms with van der Waals surface area (Å²) in [6, 6.07) is 10.4. The summed E-state index contributed by atoms with van der Waals surface area (Å²) in [5, 5.41) is 3.53. The topological polar surface area (TPSA) is 15.3 Å². The lowest BCUT2D eigenvalue weighted by Crippen LogP contribution is -2.31. The van der Waals surface area contributed by atoms with Crippen molar-refractivity contribution in [2.24, 2.45) is 5.92 Å². The molecule has 0 spiro atoms. The van der Waals surface area contributed by atoms with E-state index in [2.05, 4.69) is 48.1 Å². The molecule has 0 amide bonds. The molecule has 1 aliphatic heterocycles. The highest BCUT2D eigenvalue weighted by atomic mass is 15.1. The van der Waals surface area contributed by atoms with Crippen molar-refractivity contribution in [2.75, 3.05) is 33.2 Å². The van der Waals surface area contributed by atoms with Gasteiger partial charge in [-0.1, -0.05) is 36.9 Å². The highest BCUT2D eigenvalue weighted by Crippen LogP contribution is 2.18. The number of hydrogen-bond donors (Lipinski definition) is 1. The van der Waals surface area contributed by atoms with Gasteiger partial charge in [-0.05, 0) is 63.0 Å². The molecule has 1 N–H and O–H groups in total. The summed E-state index contributed by atoms with van der Waals surface area (Å²) in [4.78, 5) is 2.43. The number of likely N-dealkylation sites (tertiary alicyclic amines) is 1. The van der Waals surface area contributed by atoms with Gasteiger partial charge < -0.3 is 10.2 Å². The van der Waals surface area contributed by atoms with Crippen molar-refractivity contribution >= 4 is 5.57 Å². The molecular formula is C17H26N2. The average molecular weight is 258 g/mol. The van der Waals surface area contributed by atoms with Gasteiger partial charge in [0.15, 0.2) is 0 Å². The van der Waals surface area contributed by atoms with Gasteiger partial charge in [0.2, 0.25) is 0 Å². The molecule has 2 nitrogen and oxygen atoms in total. The van der Waals surface area contributed by atoms with Gasteiger partial charge in [-0.3, -0.25) is 0 Å². The molecule has 0 aliphatic carbocycles. The standard InChI is InChI=1S/C17H26N2/c1-15(17-6-4-3-5-7-17)14-18-11-8-16-9-12-19(2)13-10-16/h3-7,16,18H,1,8-14H2,2H3. The molecule has 1 aromatic rings. The van der Waals surface area contributed by atoms with Crippen molar-refractivity contribution < 1.29 is 0 Å². The fourth-order valence-electron chi connectivity index (χ4n) is 2.67. The first-order valence-electron chi connectivity index (χ1n) is 7.38. The van der Waals surface area contributed by atoms with Crippen molar-refractivity contribution in [3.63, 3.8) is 0 Å². The zero-order chi connectivity index (χ0) is 13.5. The van der Waals surface area contributed by atoms with Crippen molar-refractivity contribution in [3.8, 4) is 0 Å². The zero-order valence-electron chi connectivity index (χ0n) is 12.1. The predicted molar refractivity (Wildman–Crippen MR) is 83.2 cm³/mol. The maximum atomic E-state index is 4.15. The van der Waals surface area contributed by atoms with Crippen LogP contribution < -0.4 is 5.32 Å². The summed E-state index contributed by atoms with van der Waals surface area (Å²) in [7, 11) is 2.22. The second kappa shape index (κ2) is 7.46. The van der Waals surface area contributed by atoms with Crippen molar-refractivity contribution in [2.45, 2.75) is 19.3 Å². The molecule has 1 saturated heterocycles. The van der Waals surface area contributed by atoms with Gasteiger partial charge in [0.25, 0.3) is 0 Å². The molecule has 1 aliphatic rings. The maximum absolute atomic E-state index is 4.15. The van der Waals surface area contributed by atoms with Gasteiger partial charge >= 0.3 is 0 Å². The van der Waals surface area contributed by atoms with Crippen LogP contribution in [-0.2, 0) is 0 Å². The molecule has 1 heterocycles. The smallest absolute Gasteiger partial charge is 0.0205 e. The summed E-state index contributed by atoms with van der Waals surface area (Å²) in [5.41, 5.74) is 2.43. The molecule has 0 atom stereocenters. The van der Waals surface area contributed by atoms with Gasteiger partial charge in [0.1, 0.15) is 0 Å². The number of nitrogens with one attached hydrogen (secondary N) is 1. The molecule has 1 aromatic carbocycles. The Balaban J connectivity index is 1.61. The van der Waals surface area contributed by atoms with Gasteiger partial charge in [0, 0.05) is 6.54 Å². The zero-order valence-corrected chi connectivity index (χ0v) is 12.1. The van der Waals surface area contributed by atoms with Crippen LogP contribution in [0, 0.1) is 5.92 Å². The number of benzene rings is 1. The van der Waals surface area contributed by atoms with E-state index in [1.165, 1.54) is 43.5 Å². The molecule has 0 aromatic heterocycles. The lowest BCUT2D eigenvalue weighted by atomic mass is 9.94. The summed E-state index contributed by atoms with van der Waals surface area (Å²) in [6.07, 6.45) is 4.02. The van der Waals surface area contributed by atoms with Crippen molar-refractivity contribution in [1.29, 1.82) is 0 Å². The minimum absolute atomic E-state index is 0.899. The second-order valence-corrected chi connectivity index (χ2v) is 5.68. The molecule has 19 heavy (non-hydrogen) atoms. The Bertz CT molecular complexity index is 378. The van der Waals surface area contributed by atoms with Crippen molar-refractivity contribution in [3.05, 3.63) is 42.5 Å². The van der Waals surface area contributed by atoms with Gasteiger partial charge in [0.05, 0.1) is 0 Å². The number of nitrogens with zero attached hydrogens (tertiary/aromatic N) is 1. The van der Waals surface area contributed by atoms with Gasteiger partial charge in [-0.25, -0.2) is 0 Å².